The predicted octanol–water partition coefficient (Wildman–Crippen LogP) is 3.16. The quantitative estimate of drug-likeness (QED) is 0.892. The van der Waals surface area contributed by atoms with Crippen LogP contribution in [0, 0.1) is 17.7 Å². The average molecular weight is 344 g/mol. The molecule has 3 aliphatic rings. The standard InChI is InChI=1S/C20H25FN2O2/c21-19-8-14(3-4-20(19)24)5-7-23-12-15-9-18(10-16(15)13-23)25-17-2-1-6-22-11-17/h1,3-4,6,8,11,15-18,24H,2,5,7,9-10,12-13H2/t15-,16+,17?,18+. The van der Waals surface area contributed by atoms with Crippen molar-refractivity contribution in [3.05, 3.63) is 41.9 Å². The fourth-order valence-corrected chi connectivity index (χ4v) is 4.43. The lowest BCUT2D eigenvalue weighted by atomic mass is 10.0. The molecule has 0 aromatic heterocycles. The summed E-state index contributed by atoms with van der Waals surface area (Å²) < 4.78 is 19.6. The van der Waals surface area contributed by atoms with E-state index in [1.165, 1.54) is 12.1 Å². The molecule has 0 bridgehead atoms. The van der Waals surface area contributed by atoms with Crippen molar-refractivity contribution in [1.29, 1.82) is 0 Å². The number of ether oxygens (including phenoxy) is 1. The Bertz CT molecular complexity index is 662. The Hall–Kier alpha value is -1.72. The van der Waals surface area contributed by atoms with E-state index in [2.05, 4.69) is 16.0 Å². The van der Waals surface area contributed by atoms with Crippen molar-refractivity contribution < 1.29 is 14.2 Å². The summed E-state index contributed by atoms with van der Waals surface area (Å²) >= 11 is 0. The molecule has 5 heteroatoms. The van der Waals surface area contributed by atoms with E-state index in [0.29, 0.717) is 6.10 Å². The van der Waals surface area contributed by atoms with Gasteiger partial charge in [-0.05, 0) is 55.2 Å². The molecule has 1 saturated carbocycles. The van der Waals surface area contributed by atoms with E-state index in [1.807, 2.05) is 12.4 Å². The number of hydrogen-bond acceptors (Lipinski definition) is 4. The van der Waals surface area contributed by atoms with Gasteiger partial charge in [-0.1, -0.05) is 12.1 Å². The molecule has 0 spiro atoms. The van der Waals surface area contributed by atoms with Gasteiger partial charge in [-0.3, -0.25) is 4.99 Å². The molecule has 1 saturated heterocycles. The van der Waals surface area contributed by atoms with Crippen molar-refractivity contribution in [2.45, 2.75) is 37.9 Å². The van der Waals surface area contributed by atoms with Crippen molar-refractivity contribution in [3.8, 4) is 5.75 Å². The molecule has 0 amide bonds. The highest BCUT2D eigenvalue weighted by Crippen LogP contribution is 2.40. The number of nitrogens with zero attached hydrogens (tertiary/aromatic N) is 2. The maximum Gasteiger partial charge on any atom is 0.165 e. The van der Waals surface area contributed by atoms with Crippen LogP contribution in [-0.4, -0.2) is 48.1 Å². The van der Waals surface area contributed by atoms with Gasteiger partial charge in [0.05, 0.1) is 12.2 Å². The maximum absolute atomic E-state index is 13.4. The Kier molecular flexibility index (Phi) is 4.86. The van der Waals surface area contributed by atoms with Crippen LogP contribution >= 0.6 is 0 Å². The number of rotatable bonds is 5. The molecule has 2 aliphatic heterocycles. The Morgan fingerprint density at radius 2 is 2.04 bits per heavy atom. The number of fused-ring (bicyclic) bond motifs is 1. The molecule has 1 N–H and O–H groups in total. The van der Waals surface area contributed by atoms with Gasteiger partial charge in [0, 0.05) is 32.0 Å². The lowest BCUT2D eigenvalue weighted by Gasteiger charge is -2.22. The highest BCUT2D eigenvalue weighted by molar-refractivity contribution is 5.65. The number of likely N-dealkylation sites (tertiary alicyclic amines) is 1. The summed E-state index contributed by atoms with van der Waals surface area (Å²) in [6, 6.07) is 4.69. The van der Waals surface area contributed by atoms with E-state index >= 15 is 0 Å². The minimum absolute atomic E-state index is 0.148. The lowest BCUT2D eigenvalue weighted by Crippen LogP contribution is -2.27. The van der Waals surface area contributed by atoms with Crippen LogP contribution in [0.4, 0.5) is 4.39 Å². The second kappa shape index (κ2) is 7.26. The summed E-state index contributed by atoms with van der Waals surface area (Å²) in [5, 5.41) is 9.27. The molecule has 1 aromatic carbocycles. The third kappa shape index (κ3) is 3.93. The molecule has 1 aliphatic carbocycles. The molecule has 0 radical (unpaired) electrons. The topological polar surface area (TPSA) is 45.1 Å². The van der Waals surface area contributed by atoms with Crippen LogP contribution in [0.2, 0.25) is 0 Å². The van der Waals surface area contributed by atoms with E-state index in [-0.39, 0.29) is 11.9 Å². The van der Waals surface area contributed by atoms with E-state index in [9.17, 15) is 9.50 Å². The fourth-order valence-electron chi connectivity index (χ4n) is 4.43. The van der Waals surface area contributed by atoms with Crippen molar-refractivity contribution in [2.24, 2.45) is 16.8 Å². The molecule has 2 fully saturated rings. The van der Waals surface area contributed by atoms with Crippen molar-refractivity contribution >= 4 is 6.21 Å². The van der Waals surface area contributed by atoms with Crippen molar-refractivity contribution in [2.75, 3.05) is 19.6 Å². The largest absolute Gasteiger partial charge is 0.505 e. The van der Waals surface area contributed by atoms with Crippen LogP contribution in [0.1, 0.15) is 24.8 Å². The zero-order valence-corrected chi connectivity index (χ0v) is 14.4. The van der Waals surface area contributed by atoms with Gasteiger partial charge < -0.3 is 14.7 Å². The summed E-state index contributed by atoms with van der Waals surface area (Å²) in [6.45, 7) is 3.18. The number of hydrogen-bond donors (Lipinski definition) is 1. The highest BCUT2D eigenvalue weighted by atomic mass is 19.1. The molecule has 1 unspecified atom stereocenters. The van der Waals surface area contributed by atoms with E-state index in [1.54, 1.807) is 6.07 Å². The highest BCUT2D eigenvalue weighted by Gasteiger charge is 2.41. The first-order valence-electron chi connectivity index (χ1n) is 9.21. The summed E-state index contributed by atoms with van der Waals surface area (Å²) in [5.74, 6) is 0.635. The van der Waals surface area contributed by atoms with Gasteiger partial charge >= 0.3 is 0 Å². The summed E-state index contributed by atoms with van der Waals surface area (Å²) in [4.78, 5) is 6.66. The van der Waals surface area contributed by atoms with Crippen LogP contribution in [-0.2, 0) is 11.2 Å². The lowest BCUT2D eigenvalue weighted by molar-refractivity contribution is 0.0244. The fraction of sp³-hybridized carbons (Fsp3) is 0.550. The van der Waals surface area contributed by atoms with Gasteiger partial charge in [-0.25, -0.2) is 4.39 Å². The Labute approximate surface area is 148 Å². The van der Waals surface area contributed by atoms with Crippen molar-refractivity contribution in [3.63, 3.8) is 0 Å². The van der Waals surface area contributed by atoms with Gasteiger partial charge in [0.2, 0.25) is 0 Å². The maximum atomic E-state index is 13.4. The molecule has 4 nitrogen and oxygen atoms in total. The number of aromatic hydroxyl groups is 1. The first-order chi connectivity index (χ1) is 12.2. The van der Waals surface area contributed by atoms with E-state index in [0.717, 1.165) is 62.7 Å². The minimum Gasteiger partial charge on any atom is -0.505 e. The molecule has 1 aromatic rings. The van der Waals surface area contributed by atoms with Gasteiger partial charge in [-0.15, -0.1) is 0 Å². The smallest absolute Gasteiger partial charge is 0.165 e. The normalized spacial score (nSPS) is 31.6. The number of halogens is 1. The number of benzene rings is 1. The van der Waals surface area contributed by atoms with Crippen LogP contribution < -0.4 is 0 Å². The minimum atomic E-state index is -0.531. The number of phenols is 1. The molecule has 25 heavy (non-hydrogen) atoms. The van der Waals surface area contributed by atoms with Gasteiger partial charge in [-0.2, -0.15) is 0 Å². The van der Waals surface area contributed by atoms with E-state index < -0.39 is 5.82 Å². The summed E-state index contributed by atoms with van der Waals surface area (Å²) in [7, 11) is 0. The summed E-state index contributed by atoms with van der Waals surface area (Å²) in [5.41, 5.74) is 0.943. The molecular formula is C20H25FN2O2. The average Bonchev–Trinajstić information content (AvgIpc) is 3.15. The SMILES string of the molecule is Oc1ccc(CCN2C[C@H]3C[C@H](OC4C=NC=CC4)C[C@H]3C2)cc1F. The Morgan fingerprint density at radius 3 is 2.72 bits per heavy atom. The summed E-state index contributed by atoms with van der Waals surface area (Å²) in [6.07, 6.45) is 10.4. The molecule has 4 atom stereocenters. The predicted molar refractivity (Wildman–Crippen MR) is 95.3 cm³/mol. The van der Waals surface area contributed by atoms with Crippen LogP contribution in [0.25, 0.3) is 0 Å². The number of aliphatic imine (C=N–C) groups is 1. The monoisotopic (exact) mass is 344 g/mol. The van der Waals surface area contributed by atoms with Gasteiger partial charge in [0.1, 0.15) is 0 Å². The molecule has 134 valence electrons. The van der Waals surface area contributed by atoms with Gasteiger partial charge in [0.15, 0.2) is 11.6 Å². The first kappa shape index (κ1) is 16.7. The van der Waals surface area contributed by atoms with Crippen LogP contribution in [0.15, 0.2) is 35.5 Å². The molecule has 2 heterocycles. The second-order valence-corrected chi connectivity index (χ2v) is 7.50. The molecular weight excluding hydrogens is 319 g/mol. The van der Waals surface area contributed by atoms with Gasteiger partial charge in [0.25, 0.3) is 0 Å². The molecule has 4 rings (SSSR count). The van der Waals surface area contributed by atoms with Crippen LogP contribution in [0.5, 0.6) is 5.75 Å². The van der Waals surface area contributed by atoms with Crippen molar-refractivity contribution in [1.82, 2.24) is 4.90 Å². The second-order valence-electron chi connectivity index (χ2n) is 7.50. The van der Waals surface area contributed by atoms with E-state index in [4.69, 9.17) is 4.74 Å². The van der Waals surface area contributed by atoms with Crippen LogP contribution in [0.3, 0.4) is 0 Å². The Morgan fingerprint density at radius 1 is 1.24 bits per heavy atom. The third-order valence-corrected chi connectivity index (χ3v) is 5.69. The third-order valence-electron chi connectivity index (χ3n) is 5.69. The first-order valence-corrected chi connectivity index (χ1v) is 9.21. The Balaban J connectivity index is 1.23. The number of phenolic OH excluding ortho intramolecular Hbond substituents is 1. The zero-order chi connectivity index (χ0) is 17.2. The zero-order valence-electron chi connectivity index (χ0n) is 14.4.